The fourth-order valence-corrected chi connectivity index (χ4v) is 2.67. The van der Waals surface area contributed by atoms with E-state index < -0.39 is 0 Å². The molecule has 0 bridgehead atoms. The third-order valence-electron chi connectivity index (χ3n) is 3.46. The van der Waals surface area contributed by atoms with Crippen molar-refractivity contribution in [2.75, 3.05) is 13.1 Å². The van der Waals surface area contributed by atoms with Gasteiger partial charge < -0.3 is 4.90 Å². The van der Waals surface area contributed by atoms with Gasteiger partial charge >= 0.3 is 0 Å². The summed E-state index contributed by atoms with van der Waals surface area (Å²) in [6, 6.07) is 1.99. The number of carbonyl (C=O) groups is 1. The predicted molar refractivity (Wildman–Crippen MR) is 70.2 cm³/mol. The first-order valence-electron chi connectivity index (χ1n) is 6.61. The Morgan fingerprint density at radius 3 is 2.67 bits per heavy atom. The molecule has 18 heavy (non-hydrogen) atoms. The van der Waals surface area contributed by atoms with Gasteiger partial charge in [0.05, 0.1) is 0 Å². The highest BCUT2D eigenvalue weighted by molar-refractivity contribution is 5.73. The molecule has 4 heteroatoms. The molecule has 1 atom stereocenters. The molecule has 1 unspecified atom stereocenters. The molecule has 2 rings (SSSR count). The van der Waals surface area contributed by atoms with Gasteiger partial charge in [-0.05, 0) is 38.7 Å². The fraction of sp³-hybridized carbons (Fsp3) is 0.643. The second-order valence-corrected chi connectivity index (χ2v) is 5.24. The SMILES string of the molecule is CC(=O)N1CCCC(Cc2nc(C)cc(C)n2)C1. The van der Waals surface area contributed by atoms with Crippen molar-refractivity contribution in [1.29, 1.82) is 0 Å². The van der Waals surface area contributed by atoms with Gasteiger partial charge in [0.1, 0.15) is 5.82 Å². The van der Waals surface area contributed by atoms with Crippen molar-refractivity contribution in [2.24, 2.45) is 5.92 Å². The number of piperidine rings is 1. The summed E-state index contributed by atoms with van der Waals surface area (Å²) in [5.74, 6) is 1.60. The van der Waals surface area contributed by atoms with Crippen molar-refractivity contribution < 1.29 is 4.79 Å². The highest BCUT2D eigenvalue weighted by Crippen LogP contribution is 2.19. The first-order valence-corrected chi connectivity index (χ1v) is 6.61. The molecule has 1 amide bonds. The van der Waals surface area contributed by atoms with Gasteiger partial charge in [-0.25, -0.2) is 9.97 Å². The number of rotatable bonds is 2. The number of likely N-dealkylation sites (tertiary alicyclic amines) is 1. The Kier molecular flexibility index (Phi) is 3.94. The summed E-state index contributed by atoms with van der Waals surface area (Å²) in [6.07, 6.45) is 3.14. The third-order valence-corrected chi connectivity index (χ3v) is 3.46. The van der Waals surface area contributed by atoms with Crippen LogP contribution in [0.1, 0.15) is 37.0 Å². The molecule has 1 aliphatic heterocycles. The van der Waals surface area contributed by atoms with E-state index in [1.807, 2.05) is 24.8 Å². The van der Waals surface area contributed by atoms with Crippen molar-refractivity contribution >= 4 is 5.91 Å². The number of amides is 1. The number of carbonyl (C=O) groups excluding carboxylic acids is 1. The monoisotopic (exact) mass is 247 g/mol. The van der Waals surface area contributed by atoms with E-state index in [0.29, 0.717) is 5.92 Å². The summed E-state index contributed by atoms with van der Waals surface area (Å²) in [5.41, 5.74) is 2.05. The van der Waals surface area contributed by atoms with Gasteiger partial charge in [-0.1, -0.05) is 0 Å². The third kappa shape index (κ3) is 3.28. The Morgan fingerprint density at radius 1 is 1.39 bits per heavy atom. The summed E-state index contributed by atoms with van der Waals surface area (Å²) < 4.78 is 0. The number of hydrogen-bond acceptors (Lipinski definition) is 3. The molecule has 0 N–H and O–H groups in total. The average Bonchev–Trinajstić information content (AvgIpc) is 2.27. The zero-order valence-electron chi connectivity index (χ0n) is 11.4. The highest BCUT2D eigenvalue weighted by atomic mass is 16.2. The average molecular weight is 247 g/mol. The Balaban J connectivity index is 2.02. The Bertz CT molecular complexity index is 424. The van der Waals surface area contributed by atoms with E-state index in [4.69, 9.17) is 0 Å². The normalized spacial score (nSPS) is 19.9. The van der Waals surface area contributed by atoms with Crippen molar-refractivity contribution in [3.05, 3.63) is 23.3 Å². The van der Waals surface area contributed by atoms with E-state index in [2.05, 4.69) is 9.97 Å². The molecule has 0 aromatic carbocycles. The largest absolute Gasteiger partial charge is 0.343 e. The minimum atomic E-state index is 0.182. The van der Waals surface area contributed by atoms with Crippen LogP contribution in [0.4, 0.5) is 0 Å². The number of nitrogens with zero attached hydrogens (tertiary/aromatic N) is 3. The lowest BCUT2D eigenvalue weighted by atomic mass is 9.94. The van der Waals surface area contributed by atoms with E-state index >= 15 is 0 Å². The molecule has 0 spiro atoms. The maximum absolute atomic E-state index is 11.4. The lowest BCUT2D eigenvalue weighted by molar-refractivity contribution is -0.130. The molecular weight excluding hydrogens is 226 g/mol. The van der Waals surface area contributed by atoms with Crippen LogP contribution in [0.2, 0.25) is 0 Å². The minimum absolute atomic E-state index is 0.182. The van der Waals surface area contributed by atoms with Crippen LogP contribution in [0, 0.1) is 19.8 Å². The molecule has 0 saturated carbocycles. The zero-order valence-corrected chi connectivity index (χ0v) is 11.4. The second kappa shape index (κ2) is 5.46. The van der Waals surface area contributed by atoms with Crippen LogP contribution in [-0.4, -0.2) is 33.9 Å². The lowest BCUT2D eigenvalue weighted by Gasteiger charge is -2.31. The quantitative estimate of drug-likeness (QED) is 0.801. The Labute approximate surface area is 108 Å². The standard InChI is InChI=1S/C14H21N3O/c1-10-7-11(2)16-14(15-10)8-13-5-4-6-17(9-13)12(3)18/h7,13H,4-6,8-9H2,1-3H3. The second-order valence-electron chi connectivity index (χ2n) is 5.24. The molecular formula is C14H21N3O. The van der Waals surface area contributed by atoms with Gasteiger partial charge in [0.15, 0.2) is 0 Å². The first kappa shape index (κ1) is 13.0. The maximum Gasteiger partial charge on any atom is 0.219 e. The van der Waals surface area contributed by atoms with Crippen LogP contribution in [0.3, 0.4) is 0 Å². The van der Waals surface area contributed by atoms with Gasteiger partial charge in [-0.2, -0.15) is 0 Å². The van der Waals surface area contributed by atoms with E-state index in [1.165, 1.54) is 6.42 Å². The number of hydrogen-bond donors (Lipinski definition) is 0. The molecule has 1 fully saturated rings. The minimum Gasteiger partial charge on any atom is -0.343 e. The van der Waals surface area contributed by atoms with Crippen LogP contribution >= 0.6 is 0 Å². The van der Waals surface area contributed by atoms with Crippen LogP contribution < -0.4 is 0 Å². The van der Waals surface area contributed by atoms with E-state index in [9.17, 15) is 4.79 Å². The van der Waals surface area contributed by atoms with Gasteiger partial charge in [-0.15, -0.1) is 0 Å². The van der Waals surface area contributed by atoms with Crippen LogP contribution in [0.15, 0.2) is 6.07 Å². The molecule has 98 valence electrons. The van der Waals surface area contributed by atoms with Crippen molar-refractivity contribution in [3.8, 4) is 0 Å². The molecule has 1 aromatic rings. The van der Waals surface area contributed by atoms with Crippen LogP contribution in [0.5, 0.6) is 0 Å². The van der Waals surface area contributed by atoms with E-state index in [1.54, 1.807) is 6.92 Å². The topological polar surface area (TPSA) is 46.1 Å². The Hall–Kier alpha value is -1.45. The molecule has 1 saturated heterocycles. The molecule has 0 aliphatic carbocycles. The van der Waals surface area contributed by atoms with Gasteiger partial charge in [0.2, 0.25) is 5.91 Å². The number of aromatic nitrogens is 2. The summed E-state index contributed by atoms with van der Waals surface area (Å²) in [6.45, 7) is 7.41. The van der Waals surface area contributed by atoms with Crippen molar-refractivity contribution in [3.63, 3.8) is 0 Å². The smallest absolute Gasteiger partial charge is 0.219 e. The van der Waals surface area contributed by atoms with E-state index in [-0.39, 0.29) is 5.91 Å². The summed E-state index contributed by atoms with van der Waals surface area (Å²) in [7, 11) is 0. The predicted octanol–water partition coefficient (Wildman–Crippen LogP) is 1.89. The lowest BCUT2D eigenvalue weighted by Crippen LogP contribution is -2.39. The Morgan fingerprint density at radius 2 is 2.06 bits per heavy atom. The van der Waals surface area contributed by atoms with E-state index in [0.717, 1.165) is 43.1 Å². The van der Waals surface area contributed by atoms with Crippen molar-refractivity contribution in [1.82, 2.24) is 14.9 Å². The van der Waals surface area contributed by atoms with Crippen molar-refractivity contribution in [2.45, 2.75) is 40.0 Å². The molecule has 1 aliphatic rings. The number of aryl methyl sites for hydroxylation is 2. The van der Waals surface area contributed by atoms with Crippen LogP contribution in [-0.2, 0) is 11.2 Å². The summed E-state index contributed by atoms with van der Waals surface area (Å²) in [5, 5.41) is 0. The first-order chi connectivity index (χ1) is 8.54. The fourth-order valence-electron chi connectivity index (χ4n) is 2.67. The summed E-state index contributed by atoms with van der Waals surface area (Å²) in [4.78, 5) is 22.3. The molecule has 2 heterocycles. The zero-order chi connectivity index (χ0) is 13.1. The van der Waals surface area contributed by atoms with Gasteiger partial charge in [0, 0.05) is 37.8 Å². The molecule has 0 radical (unpaired) electrons. The van der Waals surface area contributed by atoms with Crippen LogP contribution in [0.25, 0.3) is 0 Å². The van der Waals surface area contributed by atoms with Gasteiger partial charge in [-0.3, -0.25) is 4.79 Å². The summed E-state index contributed by atoms with van der Waals surface area (Å²) >= 11 is 0. The molecule has 1 aromatic heterocycles. The maximum atomic E-state index is 11.4. The highest BCUT2D eigenvalue weighted by Gasteiger charge is 2.22. The van der Waals surface area contributed by atoms with Gasteiger partial charge in [0.25, 0.3) is 0 Å². The molecule has 4 nitrogen and oxygen atoms in total.